The minimum absolute atomic E-state index is 0.135. The largest absolute Gasteiger partial charge is 0.243 e. The molecule has 2 rings (SSSR count). The fourth-order valence-corrected chi connectivity index (χ4v) is 3.64. The minimum atomic E-state index is -3.25. The Morgan fingerprint density at radius 3 is 1.93 bits per heavy atom. The van der Waals surface area contributed by atoms with Crippen LogP contribution < -0.4 is 0 Å². The third kappa shape index (κ3) is 1.68. The molecule has 15 heavy (non-hydrogen) atoms. The van der Waals surface area contributed by atoms with Crippen molar-refractivity contribution < 1.29 is 8.42 Å². The van der Waals surface area contributed by atoms with E-state index in [0.29, 0.717) is 4.90 Å². The van der Waals surface area contributed by atoms with Crippen LogP contribution in [0.2, 0.25) is 0 Å². The van der Waals surface area contributed by atoms with Crippen LogP contribution in [0.3, 0.4) is 0 Å². The van der Waals surface area contributed by atoms with Gasteiger partial charge in [-0.25, -0.2) is 8.42 Å². The molecule has 2 atom stereocenters. The molecule has 1 fully saturated rings. The van der Waals surface area contributed by atoms with Gasteiger partial charge in [-0.2, -0.15) is 4.31 Å². The molecular formula is C11H15NO2S. The Kier molecular flexibility index (Phi) is 2.35. The second-order valence-corrected chi connectivity index (χ2v) is 5.97. The van der Waals surface area contributed by atoms with E-state index in [1.54, 1.807) is 12.1 Å². The molecule has 1 aliphatic rings. The molecule has 82 valence electrons. The lowest BCUT2D eigenvalue weighted by Crippen LogP contribution is -2.14. The van der Waals surface area contributed by atoms with Crippen molar-refractivity contribution in [3.63, 3.8) is 0 Å². The highest BCUT2D eigenvalue weighted by molar-refractivity contribution is 7.89. The number of aryl methyl sites for hydroxylation is 1. The van der Waals surface area contributed by atoms with Gasteiger partial charge in [0.2, 0.25) is 10.0 Å². The zero-order valence-corrected chi connectivity index (χ0v) is 9.95. The van der Waals surface area contributed by atoms with Crippen molar-refractivity contribution in [1.82, 2.24) is 4.31 Å². The average Bonchev–Trinajstić information content (AvgIpc) is 2.76. The quantitative estimate of drug-likeness (QED) is 0.719. The maximum atomic E-state index is 12.1. The summed E-state index contributed by atoms with van der Waals surface area (Å²) in [6.07, 6.45) is 0. The van der Waals surface area contributed by atoms with E-state index < -0.39 is 10.0 Å². The first kappa shape index (κ1) is 10.6. The first-order valence-electron chi connectivity index (χ1n) is 5.05. The molecular weight excluding hydrogens is 210 g/mol. The number of sulfonamides is 1. The summed E-state index contributed by atoms with van der Waals surface area (Å²) in [5, 5.41) is 0. The van der Waals surface area contributed by atoms with Crippen LogP contribution in [0, 0.1) is 6.92 Å². The standard InChI is InChI=1S/C11H15NO2S/c1-8-4-6-11(7-5-8)15(13,14)12-9(2)10(12)3/h4-7,9-10H,1-3H3. The minimum Gasteiger partial charge on any atom is -0.207 e. The van der Waals surface area contributed by atoms with Crippen molar-refractivity contribution in [2.75, 3.05) is 0 Å². The topological polar surface area (TPSA) is 37.1 Å². The fourth-order valence-electron chi connectivity index (χ4n) is 1.74. The van der Waals surface area contributed by atoms with Crippen LogP contribution in [0.15, 0.2) is 29.2 Å². The van der Waals surface area contributed by atoms with Gasteiger partial charge in [-0.05, 0) is 32.9 Å². The summed E-state index contributed by atoms with van der Waals surface area (Å²) in [5.74, 6) is 0. The summed E-state index contributed by atoms with van der Waals surface area (Å²) in [4.78, 5) is 0.393. The van der Waals surface area contributed by atoms with Gasteiger partial charge in [0.1, 0.15) is 0 Å². The Labute approximate surface area is 90.8 Å². The third-order valence-corrected chi connectivity index (χ3v) is 5.10. The predicted molar refractivity (Wildman–Crippen MR) is 59.1 cm³/mol. The molecule has 1 heterocycles. The van der Waals surface area contributed by atoms with E-state index in [-0.39, 0.29) is 12.1 Å². The van der Waals surface area contributed by atoms with Gasteiger partial charge in [-0.15, -0.1) is 0 Å². The molecule has 0 N–H and O–H groups in total. The van der Waals surface area contributed by atoms with Crippen molar-refractivity contribution in [2.24, 2.45) is 0 Å². The van der Waals surface area contributed by atoms with Gasteiger partial charge in [-0.3, -0.25) is 0 Å². The molecule has 0 saturated carbocycles. The molecule has 1 aromatic rings. The molecule has 0 aliphatic carbocycles. The molecule has 0 radical (unpaired) electrons. The van der Waals surface area contributed by atoms with Crippen LogP contribution in [-0.4, -0.2) is 24.8 Å². The van der Waals surface area contributed by atoms with Crippen LogP contribution >= 0.6 is 0 Å². The van der Waals surface area contributed by atoms with E-state index in [2.05, 4.69) is 0 Å². The van der Waals surface area contributed by atoms with Gasteiger partial charge in [-0.1, -0.05) is 17.7 Å². The normalized spacial score (nSPS) is 30.2. The first-order valence-corrected chi connectivity index (χ1v) is 6.49. The van der Waals surface area contributed by atoms with Crippen molar-refractivity contribution >= 4 is 10.0 Å². The number of rotatable bonds is 2. The summed E-state index contributed by atoms with van der Waals surface area (Å²) in [6, 6.07) is 7.26. The molecule has 1 aliphatic heterocycles. The fraction of sp³-hybridized carbons (Fsp3) is 0.455. The van der Waals surface area contributed by atoms with E-state index in [1.165, 1.54) is 4.31 Å². The summed E-state index contributed by atoms with van der Waals surface area (Å²) >= 11 is 0. The predicted octanol–water partition coefficient (Wildman–Crippen LogP) is 1.78. The number of hydrogen-bond donors (Lipinski definition) is 0. The molecule has 0 aromatic heterocycles. The van der Waals surface area contributed by atoms with Crippen molar-refractivity contribution in [3.05, 3.63) is 29.8 Å². The van der Waals surface area contributed by atoms with Crippen LogP contribution in [0.25, 0.3) is 0 Å². The lowest BCUT2D eigenvalue weighted by molar-refractivity contribution is 0.549. The highest BCUT2D eigenvalue weighted by Crippen LogP contribution is 2.34. The van der Waals surface area contributed by atoms with Crippen LogP contribution in [0.5, 0.6) is 0 Å². The van der Waals surface area contributed by atoms with E-state index in [9.17, 15) is 8.42 Å². The Bertz CT molecular complexity index is 456. The lowest BCUT2D eigenvalue weighted by atomic mass is 10.2. The Morgan fingerprint density at radius 1 is 1.07 bits per heavy atom. The van der Waals surface area contributed by atoms with Crippen LogP contribution in [-0.2, 0) is 10.0 Å². The van der Waals surface area contributed by atoms with Crippen LogP contribution in [0.4, 0.5) is 0 Å². The summed E-state index contributed by atoms with van der Waals surface area (Å²) in [5.41, 5.74) is 1.07. The molecule has 0 spiro atoms. The maximum Gasteiger partial charge on any atom is 0.243 e. The molecule has 4 heteroatoms. The van der Waals surface area contributed by atoms with Gasteiger partial charge in [0.25, 0.3) is 0 Å². The van der Waals surface area contributed by atoms with E-state index >= 15 is 0 Å². The van der Waals surface area contributed by atoms with E-state index in [0.717, 1.165) is 5.56 Å². The van der Waals surface area contributed by atoms with E-state index in [1.807, 2.05) is 32.9 Å². The van der Waals surface area contributed by atoms with Crippen molar-refractivity contribution in [1.29, 1.82) is 0 Å². The highest BCUT2D eigenvalue weighted by Gasteiger charge is 2.49. The SMILES string of the molecule is Cc1ccc(S(=O)(=O)N2C(C)C2C)cc1. The zero-order valence-electron chi connectivity index (χ0n) is 9.14. The lowest BCUT2D eigenvalue weighted by Gasteiger charge is -2.05. The summed E-state index contributed by atoms with van der Waals surface area (Å²) < 4.78 is 25.6. The third-order valence-electron chi connectivity index (χ3n) is 3.01. The second kappa shape index (κ2) is 3.32. The van der Waals surface area contributed by atoms with Gasteiger partial charge in [0.15, 0.2) is 0 Å². The molecule has 3 nitrogen and oxygen atoms in total. The molecule has 1 saturated heterocycles. The molecule has 2 unspecified atom stereocenters. The van der Waals surface area contributed by atoms with E-state index in [4.69, 9.17) is 0 Å². The average molecular weight is 225 g/mol. The Morgan fingerprint density at radius 2 is 1.53 bits per heavy atom. The van der Waals surface area contributed by atoms with Crippen molar-refractivity contribution in [2.45, 2.75) is 37.8 Å². The molecule has 0 amide bonds. The maximum absolute atomic E-state index is 12.1. The summed E-state index contributed by atoms with van der Waals surface area (Å²) in [7, 11) is -3.25. The van der Waals surface area contributed by atoms with Crippen LogP contribution in [0.1, 0.15) is 19.4 Å². The molecule has 1 aromatic carbocycles. The second-order valence-electron chi connectivity index (χ2n) is 4.13. The summed E-state index contributed by atoms with van der Waals surface area (Å²) in [6.45, 7) is 5.80. The Hall–Kier alpha value is -0.870. The molecule has 0 bridgehead atoms. The van der Waals surface area contributed by atoms with Gasteiger partial charge < -0.3 is 0 Å². The zero-order chi connectivity index (χ0) is 11.2. The Balaban J connectivity index is 2.35. The first-order chi connectivity index (χ1) is 6.94. The van der Waals surface area contributed by atoms with Gasteiger partial charge in [0, 0.05) is 12.1 Å². The van der Waals surface area contributed by atoms with Gasteiger partial charge >= 0.3 is 0 Å². The van der Waals surface area contributed by atoms with Gasteiger partial charge in [0.05, 0.1) is 4.90 Å². The number of nitrogens with zero attached hydrogens (tertiary/aromatic N) is 1. The van der Waals surface area contributed by atoms with Crippen molar-refractivity contribution in [3.8, 4) is 0 Å². The highest BCUT2D eigenvalue weighted by atomic mass is 32.2. The number of benzene rings is 1. The smallest absolute Gasteiger partial charge is 0.207 e. The number of hydrogen-bond acceptors (Lipinski definition) is 2. The monoisotopic (exact) mass is 225 g/mol.